The van der Waals surface area contributed by atoms with Gasteiger partial charge in [0.2, 0.25) is 0 Å². The highest BCUT2D eigenvalue weighted by Crippen LogP contribution is 2.67. The fourth-order valence-electron chi connectivity index (χ4n) is 5.66. The van der Waals surface area contributed by atoms with Crippen LogP contribution in [0.25, 0.3) is 0 Å². The number of ether oxygens (including phenoxy) is 3. The van der Waals surface area contributed by atoms with E-state index in [9.17, 15) is 9.59 Å². The Balaban J connectivity index is 1.65. The molecule has 0 radical (unpaired) electrons. The van der Waals surface area contributed by atoms with Crippen molar-refractivity contribution < 1.29 is 23.8 Å². The van der Waals surface area contributed by atoms with Crippen LogP contribution in [-0.4, -0.2) is 35.3 Å². The van der Waals surface area contributed by atoms with Gasteiger partial charge in [-0.3, -0.25) is 9.59 Å². The molecule has 0 aromatic heterocycles. The molecule has 5 heteroatoms. The number of carbonyl (C=O) groups is 2. The van der Waals surface area contributed by atoms with Gasteiger partial charge in [-0.05, 0) is 58.8 Å². The maximum Gasteiger partial charge on any atom is 0.316 e. The summed E-state index contributed by atoms with van der Waals surface area (Å²) < 4.78 is 17.7. The van der Waals surface area contributed by atoms with Crippen molar-refractivity contribution in [3.05, 3.63) is 0 Å². The largest absolute Gasteiger partial charge is 0.465 e. The number of hydrogen-bond acceptors (Lipinski definition) is 5. The van der Waals surface area contributed by atoms with E-state index in [0.717, 1.165) is 12.8 Å². The standard InChI is InChI=1S/C17H24O5/c1-4-20-14(19)12-5-10-6-16-8-11(13(12)18)9-17(16,7-10)22-15(2,3)21-16/h10-12H,4-9H2,1-3H3/t10?,11?,12-,16-,17+/m1/s1. The van der Waals surface area contributed by atoms with Crippen LogP contribution in [0.15, 0.2) is 0 Å². The monoisotopic (exact) mass is 308 g/mol. The van der Waals surface area contributed by atoms with Gasteiger partial charge in [-0.15, -0.1) is 0 Å². The van der Waals surface area contributed by atoms with Gasteiger partial charge in [-0.25, -0.2) is 0 Å². The van der Waals surface area contributed by atoms with E-state index >= 15 is 0 Å². The molecule has 1 heterocycles. The second-order valence-electron chi connectivity index (χ2n) is 7.91. The fourth-order valence-corrected chi connectivity index (χ4v) is 5.66. The third kappa shape index (κ3) is 1.78. The highest BCUT2D eigenvalue weighted by molar-refractivity contribution is 6.00. The van der Waals surface area contributed by atoms with Crippen LogP contribution in [0, 0.1) is 17.8 Å². The van der Waals surface area contributed by atoms with Crippen LogP contribution < -0.4 is 0 Å². The molecular weight excluding hydrogens is 284 g/mol. The summed E-state index contributed by atoms with van der Waals surface area (Å²) >= 11 is 0. The molecule has 5 fully saturated rings. The van der Waals surface area contributed by atoms with Crippen LogP contribution in [0.5, 0.6) is 0 Å². The molecule has 1 aliphatic heterocycles. The lowest BCUT2D eigenvalue weighted by atomic mass is 9.78. The summed E-state index contributed by atoms with van der Waals surface area (Å²) in [7, 11) is 0. The van der Waals surface area contributed by atoms with Crippen molar-refractivity contribution in [1.29, 1.82) is 0 Å². The SMILES string of the molecule is CCOC(=O)[C@@H]1CC2C[C@@]34CC(C[C@]3(C2)OC(C)(C)O4)C1=O. The number of fused-ring (bicyclic) bond motifs is 2. The van der Waals surface area contributed by atoms with E-state index < -0.39 is 11.7 Å². The Morgan fingerprint density at radius 1 is 1.18 bits per heavy atom. The summed E-state index contributed by atoms with van der Waals surface area (Å²) in [6.45, 7) is 6.02. The van der Waals surface area contributed by atoms with Gasteiger partial charge >= 0.3 is 5.97 Å². The zero-order chi connectivity index (χ0) is 15.8. The van der Waals surface area contributed by atoms with Crippen molar-refractivity contribution in [3.8, 4) is 0 Å². The second kappa shape index (κ2) is 4.32. The first-order chi connectivity index (χ1) is 10.3. The number of carbonyl (C=O) groups excluding carboxylic acids is 2. The molecule has 0 aromatic rings. The second-order valence-corrected chi connectivity index (χ2v) is 7.91. The van der Waals surface area contributed by atoms with Crippen LogP contribution in [0.4, 0.5) is 0 Å². The number of ketones is 1. The third-order valence-electron chi connectivity index (χ3n) is 5.99. The lowest BCUT2D eigenvalue weighted by molar-refractivity contribution is -0.193. The van der Waals surface area contributed by atoms with Gasteiger partial charge < -0.3 is 14.2 Å². The fraction of sp³-hybridized carbons (Fsp3) is 0.882. The van der Waals surface area contributed by atoms with Gasteiger partial charge in [0.25, 0.3) is 0 Å². The summed E-state index contributed by atoms with van der Waals surface area (Å²) in [5.74, 6) is -1.29. The Morgan fingerprint density at radius 2 is 1.77 bits per heavy atom. The first-order valence-corrected chi connectivity index (χ1v) is 8.40. The minimum Gasteiger partial charge on any atom is -0.465 e. The summed E-state index contributed by atoms with van der Waals surface area (Å²) in [5.41, 5.74) is -0.637. The lowest BCUT2D eigenvalue weighted by Crippen LogP contribution is -2.41. The number of esters is 1. The summed E-state index contributed by atoms with van der Waals surface area (Å²) in [6, 6.07) is 0. The summed E-state index contributed by atoms with van der Waals surface area (Å²) in [6.07, 6.45) is 3.78. The number of Topliss-reactive ketones (excluding diaryl/α,β-unsaturated/α-hetero) is 1. The average molecular weight is 308 g/mol. The Bertz CT molecular complexity index is 515. The van der Waals surface area contributed by atoms with Crippen molar-refractivity contribution in [2.45, 2.75) is 69.9 Å². The van der Waals surface area contributed by atoms with Crippen LogP contribution in [0.1, 0.15) is 52.9 Å². The van der Waals surface area contributed by atoms with Crippen molar-refractivity contribution >= 4 is 11.8 Å². The van der Waals surface area contributed by atoms with E-state index in [0.29, 0.717) is 31.8 Å². The first-order valence-electron chi connectivity index (χ1n) is 8.40. The van der Waals surface area contributed by atoms with Crippen LogP contribution in [0.3, 0.4) is 0 Å². The van der Waals surface area contributed by atoms with E-state index in [-0.39, 0.29) is 28.9 Å². The van der Waals surface area contributed by atoms with Crippen molar-refractivity contribution in [1.82, 2.24) is 0 Å². The zero-order valence-corrected chi connectivity index (χ0v) is 13.5. The number of hydrogen-bond donors (Lipinski definition) is 0. The van der Waals surface area contributed by atoms with E-state index in [1.165, 1.54) is 0 Å². The quantitative estimate of drug-likeness (QED) is 0.578. The smallest absolute Gasteiger partial charge is 0.316 e. The molecule has 5 rings (SSSR count). The molecule has 2 unspecified atom stereocenters. The molecule has 1 saturated heterocycles. The molecule has 0 aromatic carbocycles. The van der Waals surface area contributed by atoms with E-state index in [2.05, 4.69) is 0 Å². The molecule has 2 spiro atoms. The molecule has 5 nitrogen and oxygen atoms in total. The average Bonchev–Trinajstić information content (AvgIpc) is 2.87. The van der Waals surface area contributed by atoms with Gasteiger partial charge in [0.05, 0.1) is 6.61 Å². The van der Waals surface area contributed by atoms with Gasteiger partial charge in [0.15, 0.2) is 5.79 Å². The normalized spacial score (nSPS) is 48.1. The molecule has 4 saturated carbocycles. The number of rotatable bonds is 2. The first kappa shape index (κ1) is 14.6. The van der Waals surface area contributed by atoms with Crippen molar-refractivity contribution in [3.63, 3.8) is 0 Å². The highest BCUT2D eigenvalue weighted by Gasteiger charge is 2.74. The predicted octanol–water partition coefficient (Wildman–Crippen LogP) is 2.22. The zero-order valence-electron chi connectivity index (χ0n) is 13.5. The maximum absolute atomic E-state index is 12.8. The van der Waals surface area contributed by atoms with Crippen LogP contribution in [0.2, 0.25) is 0 Å². The molecule has 22 heavy (non-hydrogen) atoms. The van der Waals surface area contributed by atoms with Gasteiger partial charge in [0.1, 0.15) is 22.9 Å². The molecule has 5 atom stereocenters. The van der Waals surface area contributed by atoms with Gasteiger partial charge in [0, 0.05) is 5.92 Å². The topological polar surface area (TPSA) is 61.8 Å². The van der Waals surface area contributed by atoms with E-state index in [1.807, 2.05) is 13.8 Å². The molecular formula is C17H24O5. The maximum atomic E-state index is 12.8. The van der Waals surface area contributed by atoms with Crippen LogP contribution in [-0.2, 0) is 23.8 Å². The van der Waals surface area contributed by atoms with Gasteiger partial charge in [-0.2, -0.15) is 0 Å². The van der Waals surface area contributed by atoms with E-state index in [1.54, 1.807) is 6.92 Å². The molecule has 4 aliphatic carbocycles. The predicted molar refractivity (Wildman–Crippen MR) is 76.9 cm³/mol. The van der Waals surface area contributed by atoms with Gasteiger partial charge in [-0.1, -0.05) is 0 Å². The summed E-state index contributed by atoms with van der Waals surface area (Å²) in [5, 5.41) is 0. The molecule has 5 aliphatic rings. The van der Waals surface area contributed by atoms with Crippen LogP contribution >= 0.6 is 0 Å². The molecule has 0 N–H and O–H groups in total. The third-order valence-corrected chi connectivity index (χ3v) is 5.99. The lowest BCUT2D eigenvalue weighted by Gasteiger charge is -2.32. The Kier molecular flexibility index (Phi) is 2.88. The van der Waals surface area contributed by atoms with E-state index in [4.69, 9.17) is 14.2 Å². The molecule has 0 amide bonds. The van der Waals surface area contributed by atoms with Crippen molar-refractivity contribution in [2.24, 2.45) is 17.8 Å². The molecule has 4 bridgehead atoms. The minimum atomic E-state index is -0.587. The van der Waals surface area contributed by atoms with Crippen molar-refractivity contribution in [2.75, 3.05) is 6.61 Å². The Morgan fingerprint density at radius 3 is 2.32 bits per heavy atom. The summed E-state index contributed by atoms with van der Waals surface area (Å²) in [4.78, 5) is 25.0. The Hall–Kier alpha value is -0.940. The minimum absolute atomic E-state index is 0.0426. The highest BCUT2D eigenvalue weighted by atomic mass is 16.8. The molecule has 122 valence electrons. The Labute approximate surface area is 130 Å².